The number of para-hydroxylation sites is 1. The summed E-state index contributed by atoms with van der Waals surface area (Å²) in [6.45, 7) is 1.18. The van der Waals surface area contributed by atoms with Crippen molar-refractivity contribution in [3.8, 4) is 0 Å². The summed E-state index contributed by atoms with van der Waals surface area (Å²) < 4.78 is 38.8. The number of alkyl carbamates (subject to hydrolysis) is 1. The smallest absolute Gasteiger partial charge is 0.407 e. The van der Waals surface area contributed by atoms with Crippen LogP contribution < -0.4 is 20.7 Å². The summed E-state index contributed by atoms with van der Waals surface area (Å²) in [5.41, 5.74) is 4.05. The normalized spacial score (nSPS) is 17.0. The summed E-state index contributed by atoms with van der Waals surface area (Å²) >= 11 is 0. The Morgan fingerprint density at radius 1 is 0.875 bits per heavy atom. The van der Waals surface area contributed by atoms with E-state index in [9.17, 15) is 18.0 Å². The summed E-state index contributed by atoms with van der Waals surface area (Å²) in [5, 5.41) is 9.25. The number of rotatable bonds is 14. The fraction of sp³-hybridized carbons (Fsp3) is 0.297. The Balaban J connectivity index is 1.20. The second-order valence-corrected chi connectivity index (χ2v) is 13.6. The van der Waals surface area contributed by atoms with Gasteiger partial charge in [0.1, 0.15) is 6.04 Å². The predicted molar refractivity (Wildman–Crippen MR) is 186 cm³/mol. The van der Waals surface area contributed by atoms with Gasteiger partial charge in [0.05, 0.1) is 25.6 Å². The number of carbonyl (C=O) groups excluding carboxylic acids is 2. The van der Waals surface area contributed by atoms with E-state index in [2.05, 4.69) is 20.7 Å². The summed E-state index contributed by atoms with van der Waals surface area (Å²) in [5.74, 6) is -0.923. The van der Waals surface area contributed by atoms with E-state index in [1.54, 1.807) is 12.1 Å². The lowest BCUT2D eigenvalue weighted by molar-refractivity contribution is -0.118. The Hall–Kier alpha value is -4.55. The van der Waals surface area contributed by atoms with Crippen molar-refractivity contribution in [1.82, 2.24) is 15.4 Å². The summed E-state index contributed by atoms with van der Waals surface area (Å²) in [4.78, 5) is 26.5. The van der Waals surface area contributed by atoms with E-state index in [4.69, 9.17) is 9.47 Å². The number of benzene rings is 4. The molecule has 252 valence electrons. The number of sulfonamides is 1. The third-order valence-electron chi connectivity index (χ3n) is 8.32. The molecule has 1 aliphatic rings. The van der Waals surface area contributed by atoms with Crippen molar-refractivity contribution in [2.24, 2.45) is 0 Å². The van der Waals surface area contributed by atoms with Crippen LogP contribution in [0.3, 0.4) is 0 Å². The SMILES string of the molecule is COC(=O)N[C@H](C(=O)Nc1ccccc1CC[C@@H]1CN[C@H](CNS(=O)(=O)Cc2ccccc2)CO1)C(c1ccccc1)c1ccccc1. The van der Waals surface area contributed by atoms with Gasteiger partial charge in [0.15, 0.2) is 0 Å². The van der Waals surface area contributed by atoms with E-state index in [0.717, 1.165) is 22.3 Å². The van der Waals surface area contributed by atoms with Crippen molar-refractivity contribution in [1.29, 1.82) is 0 Å². The fourth-order valence-corrected chi connectivity index (χ4v) is 7.02. The molecule has 1 fully saturated rings. The number of methoxy groups -OCH3 is 1. The molecule has 0 spiro atoms. The summed E-state index contributed by atoms with van der Waals surface area (Å²) in [6.07, 6.45) is 0.532. The number of hydrogen-bond acceptors (Lipinski definition) is 7. The summed E-state index contributed by atoms with van der Waals surface area (Å²) in [6, 6.07) is 34.7. The lowest BCUT2D eigenvalue weighted by Gasteiger charge is -2.31. The molecule has 0 aliphatic carbocycles. The maximum Gasteiger partial charge on any atom is 0.407 e. The van der Waals surface area contributed by atoms with Crippen LogP contribution in [0.15, 0.2) is 115 Å². The van der Waals surface area contributed by atoms with Gasteiger partial charge in [0.25, 0.3) is 0 Å². The maximum absolute atomic E-state index is 14.0. The topological polar surface area (TPSA) is 135 Å². The number of nitrogens with one attached hydrogen (secondary N) is 4. The van der Waals surface area contributed by atoms with Crippen LogP contribution in [0.25, 0.3) is 0 Å². The van der Waals surface area contributed by atoms with Crippen LogP contribution in [0, 0.1) is 0 Å². The molecule has 5 rings (SSSR count). The quantitative estimate of drug-likeness (QED) is 0.154. The first kappa shape index (κ1) is 34.8. The van der Waals surface area contributed by atoms with E-state index < -0.39 is 28.1 Å². The molecule has 1 heterocycles. The number of hydrogen-bond donors (Lipinski definition) is 4. The van der Waals surface area contributed by atoms with Gasteiger partial charge in [0.2, 0.25) is 15.9 Å². The molecule has 0 bridgehead atoms. The van der Waals surface area contributed by atoms with Gasteiger partial charge < -0.3 is 25.4 Å². The highest BCUT2D eigenvalue weighted by Crippen LogP contribution is 2.30. The lowest BCUT2D eigenvalue weighted by Crippen LogP contribution is -2.51. The zero-order valence-electron chi connectivity index (χ0n) is 26.9. The molecule has 0 radical (unpaired) electrons. The number of amides is 2. The van der Waals surface area contributed by atoms with Crippen LogP contribution in [0.2, 0.25) is 0 Å². The molecule has 0 aromatic heterocycles. The van der Waals surface area contributed by atoms with Crippen molar-refractivity contribution in [3.63, 3.8) is 0 Å². The minimum Gasteiger partial charge on any atom is -0.453 e. The first-order chi connectivity index (χ1) is 23.3. The Morgan fingerprint density at radius 3 is 2.08 bits per heavy atom. The number of ether oxygens (including phenoxy) is 2. The zero-order valence-corrected chi connectivity index (χ0v) is 27.7. The highest BCUT2D eigenvalue weighted by molar-refractivity contribution is 7.88. The second-order valence-electron chi connectivity index (χ2n) is 11.8. The number of morpholine rings is 1. The van der Waals surface area contributed by atoms with Crippen molar-refractivity contribution >= 4 is 27.7 Å². The Kier molecular flexibility index (Phi) is 12.3. The average Bonchev–Trinajstić information content (AvgIpc) is 3.11. The zero-order chi connectivity index (χ0) is 33.8. The summed E-state index contributed by atoms with van der Waals surface area (Å²) in [7, 11) is -2.20. The van der Waals surface area contributed by atoms with Gasteiger partial charge in [-0.05, 0) is 41.2 Å². The molecule has 3 atom stereocenters. The van der Waals surface area contributed by atoms with Gasteiger partial charge in [-0.2, -0.15) is 0 Å². The van der Waals surface area contributed by atoms with Crippen LogP contribution in [-0.4, -0.2) is 65.4 Å². The number of carbonyl (C=O) groups is 2. The van der Waals surface area contributed by atoms with Crippen LogP contribution in [0.5, 0.6) is 0 Å². The molecule has 4 aromatic rings. The third-order valence-corrected chi connectivity index (χ3v) is 9.64. The average molecular weight is 671 g/mol. The minimum absolute atomic E-state index is 0.0708. The first-order valence-electron chi connectivity index (χ1n) is 16.0. The highest BCUT2D eigenvalue weighted by Gasteiger charge is 2.33. The number of anilines is 1. The van der Waals surface area contributed by atoms with Gasteiger partial charge in [-0.3, -0.25) is 4.79 Å². The van der Waals surface area contributed by atoms with E-state index in [0.29, 0.717) is 31.7 Å². The van der Waals surface area contributed by atoms with Crippen LogP contribution in [-0.2, 0) is 36.5 Å². The molecule has 0 saturated carbocycles. The molecular weight excluding hydrogens is 628 g/mol. The van der Waals surface area contributed by atoms with Crippen LogP contribution in [0.4, 0.5) is 10.5 Å². The molecule has 1 aliphatic heterocycles. The molecule has 4 aromatic carbocycles. The Bertz CT molecular complexity index is 1680. The molecule has 10 nitrogen and oxygen atoms in total. The Labute approximate surface area is 282 Å². The molecule has 4 N–H and O–H groups in total. The minimum atomic E-state index is -3.47. The van der Waals surface area contributed by atoms with E-state index in [-0.39, 0.29) is 30.4 Å². The van der Waals surface area contributed by atoms with E-state index in [1.807, 2.05) is 103 Å². The maximum atomic E-state index is 14.0. The molecule has 48 heavy (non-hydrogen) atoms. The molecular formula is C37H42N4O6S. The first-order valence-corrected chi connectivity index (χ1v) is 17.7. The molecule has 1 saturated heterocycles. The Morgan fingerprint density at radius 2 is 1.48 bits per heavy atom. The largest absolute Gasteiger partial charge is 0.453 e. The molecule has 2 amide bonds. The predicted octanol–water partition coefficient (Wildman–Crippen LogP) is 4.59. The van der Waals surface area contributed by atoms with Crippen LogP contribution >= 0.6 is 0 Å². The van der Waals surface area contributed by atoms with Crippen molar-refractivity contribution in [2.75, 3.05) is 32.1 Å². The highest BCUT2D eigenvalue weighted by atomic mass is 32.2. The van der Waals surface area contributed by atoms with Crippen molar-refractivity contribution < 1.29 is 27.5 Å². The lowest BCUT2D eigenvalue weighted by atomic mass is 9.84. The van der Waals surface area contributed by atoms with Gasteiger partial charge in [-0.25, -0.2) is 17.9 Å². The van der Waals surface area contributed by atoms with Crippen molar-refractivity contribution in [2.45, 2.75) is 42.7 Å². The molecule has 11 heteroatoms. The van der Waals surface area contributed by atoms with Gasteiger partial charge in [-0.1, -0.05) is 109 Å². The van der Waals surface area contributed by atoms with Gasteiger partial charge >= 0.3 is 6.09 Å². The third kappa shape index (κ3) is 9.98. The van der Waals surface area contributed by atoms with Gasteiger partial charge in [-0.15, -0.1) is 0 Å². The van der Waals surface area contributed by atoms with Crippen molar-refractivity contribution in [3.05, 3.63) is 138 Å². The number of aryl methyl sites for hydroxylation is 1. The second kappa shape index (κ2) is 17.0. The van der Waals surface area contributed by atoms with E-state index in [1.165, 1.54) is 7.11 Å². The van der Waals surface area contributed by atoms with Crippen LogP contribution in [0.1, 0.15) is 34.6 Å². The van der Waals surface area contributed by atoms with E-state index >= 15 is 0 Å². The fourth-order valence-electron chi connectivity index (χ4n) is 5.83. The monoisotopic (exact) mass is 670 g/mol. The standard InChI is InChI=1S/C37H42N4O6S/c1-46-37(43)41-35(34(29-16-7-3-8-17-29)30-18-9-4-10-19-30)36(42)40-33-20-12-11-15-28(33)21-22-32-24-38-31(25-47-32)23-39-48(44,45)26-27-13-5-2-6-14-27/h2-20,31-32,34-35,38-39H,21-26H2,1H3,(H,40,42)(H,41,43)/t31-,32-,35+/m1/s1. The molecule has 0 unspecified atom stereocenters. The van der Waals surface area contributed by atoms with Gasteiger partial charge in [0, 0.05) is 30.7 Å².